The topological polar surface area (TPSA) is 36.7 Å². The van der Waals surface area contributed by atoms with Crippen molar-refractivity contribution in [2.75, 3.05) is 0 Å². The maximum atomic E-state index is 13.5. The van der Waals surface area contributed by atoms with E-state index in [1.54, 1.807) is 12.1 Å². The smallest absolute Gasteiger partial charge is 0.123 e. The number of benzene rings is 1. The molecule has 102 valence electrons. The van der Waals surface area contributed by atoms with E-state index in [1.807, 2.05) is 12.3 Å². The van der Waals surface area contributed by atoms with E-state index in [-0.39, 0.29) is 5.82 Å². The van der Waals surface area contributed by atoms with Crippen molar-refractivity contribution in [3.63, 3.8) is 0 Å². The zero-order chi connectivity index (χ0) is 13.9. The van der Waals surface area contributed by atoms with Gasteiger partial charge in [-0.15, -0.1) is 0 Å². The molecule has 0 unspecified atom stereocenters. The zero-order valence-electron chi connectivity index (χ0n) is 11.3. The quantitative estimate of drug-likeness (QED) is 0.800. The molecule has 0 spiro atoms. The highest BCUT2D eigenvalue weighted by molar-refractivity contribution is 5.82. The maximum Gasteiger partial charge on any atom is 0.123 e. The van der Waals surface area contributed by atoms with Gasteiger partial charge in [0.2, 0.25) is 0 Å². The molecular formula is C17H17FN2. The average Bonchev–Trinajstić information content (AvgIpc) is 2.48. The summed E-state index contributed by atoms with van der Waals surface area (Å²) < 4.78 is 13.5. The van der Waals surface area contributed by atoms with Crippen LogP contribution in [0.25, 0.3) is 10.9 Å². The van der Waals surface area contributed by atoms with Crippen LogP contribution in [0.2, 0.25) is 0 Å². The largest absolute Gasteiger partial charge is 0.256 e. The van der Waals surface area contributed by atoms with Crippen molar-refractivity contribution >= 4 is 10.9 Å². The molecular weight excluding hydrogens is 251 g/mol. The molecule has 0 amide bonds. The zero-order valence-corrected chi connectivity index (χ0v) is 11.3. The number of hydrogen-bond acceptors (Lipinski definition) is 2. The summed E-state index contributed by atoms with van der Waals surface area (Å²) >= 11 is 0. The van der Waals surface area contributed by atoms with E-state index in [2.05, 4.69) is 11.1 Å². The Bertz CT molecular complexity index is 652. The van der Waals surface area contributed by atoms with Crippen molar-refractivity contribution < 1.29 is 4.39 Å². The van der Waals surface area contributed by atoms with Gasteiger partial charge in [-0.3, -0.25) is 4.98 Å². The lowest BCUT2D eigenvalue weighted by molar-refractivity contribution is 0.331. The monoisotopic (exact) mass is 268 g/mol. The number of nitriles is 1. The van der Waals surface area contributed by atoms with Gasteiger partial charge in [0.25, 0.3) is 0 Å². The molecule has 0 bridgehead atoms. The summed E-state index contributed by atoms with van der Waals surface area (Å²) in [6, 6.07) is 9.10. The molecule has 1 heterocycles. The number of fused-ring (bicyclic) bond motifs is 1. The van der Waals surface area contributed by atoms with Gasteiger partial charge in [0, 0.05) is 18.0 Å². The first-order chi connectivity index (χ1) is 9.78. The fourth-order valence-electron chi connectivity index (χ4n) is 3.30. The van der Waals surface area contributed by atoms with Crippen molar-refractivity contribution in [1.82, 2.24) is 4.98 Å². The van der Waals surface area contributed by atoms with Gasteiger partial charge in [0.05, 0.1) is 11.6 Å². The summed E-state index contributed by atoms with van der Waals surface area (Å²) in [5.74, 6) is 0.809. The van der Waals surface area contributed by atoms with Gasteiger partial charge >= 0.3 is 0 Å². The van der Waals surface area contributed by atoms with Crippen LogP contribution in [0.4, 0.5) is 4.39 Å². The van der Waals surface area contributed by atoms with Crippen LogP contribution >= 0.6 is 0 Å². The lowest BCUT2D eigenvalue weighted by Gasteiger charge is -2.28. The van der Waals surface area contributed by atoms with E-state index in [0.717, 1.165) is 36.6 Å². The predicted octanol–water partition coefficient (Wildman–Crippen LogP) is 4.56. The summed E-state index contributed by atoms with van der Waals surface area (Å²) in [5, 5.41) is 9.71. The number of rotatable bonds is 2. The highest BCUT2D eigenvalue weighted by atomic mass is 19.1. The molecule has 1 aromatic carbocycles. The van der Waals surface area contributed by atoms with E-state index in [9.17, 15) is 4.39 Å². The fourth-order valence-corrected chi connectivity index (χ4v) is 3.30. The average molecular weight is 268 g/mol. The van der Waals surface area contributed by atoms with Crippen LogP contribution in [0.1, 0.15) is 43.6 Å². The van der Waals surface area contributed by atoms with Crippen LogP contribution in [0.3, 0.4) is 0 Å². The number of nitrogens with zero attached hydrogens (tertiary/aromatic N) is 2. The van der Waals surface area contributed by atoms with Crippen LogP contribution in [-0.4, -0.2) is 4.98 Å². The molecule has 0 saturated heterocycles. The van der Waals surface area contributed by atoms with E-state index in [1.165, 1.54) is 11.6 Å². The second kappa shape index (κ2) is 5.58. The fraction of sp³-hybridized carbons (Fsp3) is 0.412. The summed E-state index contributed by atoms with van der Waals surface area (Å²) in [6.45, 7) is 0. The molecule has 0 N–H and O–H groups in total. The third-order valence-electron chi connectivity index (χ3n) is 4.40. The van der Waals surface area contributed by atoms with Gasteiger partial charge in [0.15, 0.2) is 0 Å². The molecule has 0 radical (unpaired) electrons. The Hall–Kier alpha value is -1.95. The van der Waals surface area contributed by atoms with Gasteiger partial charge < -0.3 is 0 Å². The van der Waals surface area contributed by atoms with Crippen molar-refractivity contribution in [3.8, 4) is 6.07 Å². The molecule has 20 heavy (non-hydrogen) atoms. The predicted molar refractivity (Wildman–Crippen MR) is 76.6 cm³/mol. The molecule has 0 aliphatic heterocycles. The number of hydrogen-bond donors (Lipinski definition) is 0. The van der Waals surface area contributed by atoms with Crippen LogP contribution < -0.4 is 0 Å². The van der Waals surface area contributed by atoms with Gasteiger partial charge in [-0.05, 0) is 67.3 Å². The van der Waals surface area contributed by atoms with E-state index in [0.29, 0.717) is 18.3 Å². The Labute approximate surface area is 118 Å². The molecule has 1 fully saturated rings. The third kappa shape index (κ3) is 2.51. The number of aromatic nitrogens is 1. The van der Waals surface area contributed by atoms with E-state index < -0.39 is 0 Å². The van der Waals surface area contributed by atoms with Crippen molar-refractivity contribution in [2.45, 2.75) is 38.0 Å². The third-order valence-corrected chi connectivity index (χ3v) is 4.40. The summed E-state index contributed by atoms with van der Waals surface area (Å²) in [5.41, 5.74) is 2.08. The Morgan fingerprint density at radius 3 is 2.75 bits per heavy atom. The van der Waals surface area contributed by atoms with Crippen molar-refractivity contribution in [1.29, 1.82) is 5.26 Å². The minimum atomic E-state index is -0.204. The second-order valence-electron chi connectivity index (χ2n) is 5.64. The summed E-state index contributed by atoms with van der Waals surface area (Å²) in [6.07, 6.45) is 6.84. The van der Waals surface area contributed by atoms with E-state index >= 15 is 0 Å². The van der Waals surface area contributed by atoms with Gasteiger partial charge in [-0.1, -0.05) is 0 Å². The maximum absolute atomic E-state index is 13.5. The van der Waals surface area contributed by atoms with Crippen LogP contribution in [0, 0.1) is 23.1 Å². The molecule has 0 atom stereocenters. The standard InChI is InChI=1S/C17H17FN2/c18-14-5-6-17-16(11-14)15(8-10-20-17)13-3-1-12(2-4-13)7-9-19/h5-6,8,10-13H,1-4,7H2. The molecule has 1 aliphatic rings. The van der Waals surface area contributed by atoms with Gasteiger partial charge in [0.1, 0.15) is 5.82 Å². The van der Waals surface area contributed by atoms with Crippen LogP contribution in [-0.2, 0) is 0 Å². The Kier molecular flexibility index (Phi) is 3.64. The SMILES string of the molecule is N#CCC1CCC(c2ccnc3ccc(F)cc23)CC1. The number of halogens is 1. The highest BCUT2D eigenvalue weighted by Gasteiger charge is 2.23. The molecule has 1 aliphatic carbocycles. The molecule has 3 rings (SSSR count). The lowest BCUT2D eigenvalue weighted by Crippen LogP contribution is -2.13. The first kappa shape index (κ1) is 13.1. The summed E-state index contributed by atoms with van der Waals surface area (Å²) in [4.78, 5) is 4.31. The lowest BCUT2D eigenvalue weighted by atomic mass is 9.77. The molecule has 3 heteroatoms. The van der Waals surface area contributed by atoms with E-state index in [4.69, 9.17) is 5.26 Å². The number of pyridine rings is 1. The first-order valence-electron chi connectivity index (χ1n) is 7.19. The van der Waals surface area contributed by atoms with Crippen LogP contribution in [0.15, 0.2) is 30.5 Å². The first-order valence-corrected chi connectivity index (χ1v) is 7.19. The summed E-state index contributed by atoms with van der Waals surface area (Å²) in [7, 11) is 0. The molecule has 2 nitrogen and oxygen atoms in total. The second-order valence-corrected chi connectivity index (χ2v) is 5.64. The highest BCUT2D eigenvalue weighted by Crippen LogP contribution is 2.39. The van der Waals surface area contributed by atoms with Crippen LogP contribution in [0.5, 0.6) is 0 Å². The van der Waals surface area contributed by atoms with Crippen molar-refractivity contribution in [2.24, 2.45) is 5.92 Å². The Morgan fingerprint density at radius 2 is 2.00 bits per heavy atom. The minimum Gasteiger partial charge on any atom is -0.256 e. The Morgan fingerprint density at radius 1 is 1.20 bits per heavy atom. The molecule has 1 aromatic heterocycles. The normalized spacial score (nSPS) is 22.6. The molecule has 2 aromatic rings. The Balaban J connectivity index is 1.88. The van der Waals surface area contributed by atoms with Crippen molar-refractivity contribution in [3.05, 3.63) is 41.8 Å². The minimum absolute atomic E-state index is 0.204. The van der Waals surface area contributed by atoms with Gasteiger partial charge in [-0.25, -0.2) is 4.39 Å². The van der Waals surface area contributed by atoms with Gasteiger partial charge in [-0.2, -0.15) is 5.26 Å². The molecule has 1 saturated carbocycles.